The van der Waals surface area contributed by atoms with Gasteiger partial charge in [-0.2, -0.15) is 15.0 Å². The van der Waals surface area contributed by atoms with Gasteiger partial charge in [0.2, 0.25) is 11.9 Å². The van der Waals surface area contributed by atoms with E-state index < -0.39 is 0 Å². The van der Waals surface area contributed by atoms with E-state index in [4.69, 9.17) is 30.2 Å². The lowest BCUT2D eigenvalue weighted by atomic mass is 9.89. The van der Waals surface area contributed by atoms with Gasteiger partial charge in [0.05, 0.1) is 26.4 Å². The number of hydrogen-bond donors (Lipinski definition) is 2. The molecule has 0 aromatic carbocycles. The van der Waals surface area contributed by atoms with Crippen molar-refractivity contribution >= 4 is 11.9 Å². The molecule has 1 fully saturated rings. The van der Waals surface area contributed by atoms with Crippen molar-refractivity contribution in [1.29, 1.82) is 0 Å². The third-order valence-corrected chi connectivity index (χ3v) is 5.62. The van der Waals surface area contributed by atoms with E-state index in [2.05, 4.69) is 24.1 Å². The SMILES string of the molecule is CCCCN(CCCC)c1nc(NCCOCCOCCN)nc(C2CCCCC2)n1. The molecule has 0 radical (unpaired) electrons. The molecule has 0 unspecified atom stereocenters. The summed E-state index contributed by atoms with van der Waals surface area (Å²) in [4.78, 5) is 16.9. The second-order valence-electron chi connectivity index (χ2n) is 8.29. The number of aromatic nitrogens is 3. The maximum absolute atomic E-state index is 5.62. The summed E-state index contributed by atoms with van der Waals surface area (Å²) in [6.07, 6.45) is 10.9. The van der Waals surface area contributed by atoms with Crippen LogP contribution in [0.2, 0.25) is 0 Å². The predicted molar refractivity (Wildman–Crippen MR) is 127 cm³/mol. The number of nitrogens with two attached hydrogens (primary N) is 1. The van der Waals surface area contributed by atoms with Crippen molar-refractivity contribution in [3.63, 3.8) is 0 Å². The molecule has 0 spiro atoms. The van der Waals surface area contributed by atoms with Gasteiger partial charge in [-0.1, -0.05) is 46.0 Å². The molecule has 1 aliphatic carbocycles. The van der Waals surface area contributed by atoms with Crippen molar-refractivity contribution in [2.24, 2.45) is 5.73 Å². The van der Waals surface area contributed by atoms with Crippen LogP contribution in [0, 0.1) is 0 Å². The summed E-state index contributed by atoms with van der Waals surface area (Å²) in [6.45, 7) is 9.95. The highest BCUT2D eigenvalue weighted by Gasteiger charge is 2.21. The van der Waals surface area contributed by atoms with Crippen LogP contribution in [-0.4, -0.2) is 67.6 Å². The van der Waals surface area contributed by atoms with Crippen LogP contribution in [0.5, 0.6) is 0 Å². The lowest BCUT2D eigenvalue weighted by molar-refractivity contribution is 0.0547. The van der Waals surface area contributed by atoms with Gasteiger partial charge >= 0.3 is 0 Å². The number of anilines is 2. The molecule has 8 nitrogen and oxygen atoms in total. The third kappa shape index (κ3) is 10.1. The number of hydrogen-bond acceptors (Lipinski definition) is 8. The zero-order valence-electron chi connectivity index (χ0n) is 19.8. The average Bonchev–Trinajstić information content (AvgIpc) is 2.81. The molecule has 8 heteroatoms. The molecule has 3 N–H and O–H groups in total. The molecule has 1 aromatic rings. The fraction of sp³-hybridized carbons (Fsp3) is 0.870. The largest absolute Gasteiger partial charge is 0.378 e. The second-order valence-corrected chi connectivity index (χ2v) is 8.29. The number of unbranched alkanes of at least 4 members (excludes halogenated alkanes) is 2. The summed E-state index contributed by atoms with van der Waals surface area (Å²) in [5, 5.41) is 3.36. The summed E-state index contributed by atoms with van der Waals surface area (Å²) in [5.41, 5.74) is 5.41. The van der Waals surface area contributed by atoms with Gasteiger partial charge < -0.3 is 25.4 Å². The first-order chi connectivity index (χ1) is 15.3. The number of nitrogens with zero attached hydrogens (tertiary/aromatic N) is 4. The monoisotopic (exact) mass is 436 g/mol. The minimum Gasteiger partial charge on any atom is -0.378 e. The smallest absolute Gasteiger partial charge is 0.230 e. The Labute approximate surface area is 188 Å². The summed E-state index contributed by atoms with van der Waals surface area (Å²) in [6, 6.07) is 0. The van der Waals surface area contributed by atoms with E-state index in [1.54, 1.807) is 0 Å². The second kappa shape index (κ2) is 16.2. The Balaban J connectivity index is 2.01. The van der Waals surface area contributed by atoms with Gasteiger partial charge in [-0.15, -0.1) is 0 Å². The lowest BCUT2D eigenvalue weighted by Gasteiger charge is -2.25. The Hall–Kier alpha value is -1.51. The first-order valence-corrected chi connectivity index (χ1v) is 12.4. The van der Waals surface area contributed by atoms with E-state index >= 15 is 0 Å². The molecule has 2 rings (SSSR count). The number of ether oxygens (including phenoxy) is 2. The normalized spacial score (nSPS) is 14.7. The lowest BCUT2D eigenvalue weighted by Crippen LogP contribution is -2.29. The van der Waals surface area contributed by atoms with E-state index in [-0.39, 0.29) is 0 Å². The quantitative estimate of drug-likeness (QED) is 0.357. The maximum atomic E-state index is 5.62. The van der Waals surface area contributed by atoms with E-state index in [1.165, 1.54) is 44.9 Å². The molecule has 0 bridgehead atoms. The molecular weight excluding hydrogens is 392 g/mol. The fourth-order valence-electron chi connectivity index (χ4n) is 3.79. The Kier molecular flexibility index (Phi) is 13.4. The number of rotatable bonds is 17. The molecule has 1 aliphatic rings. The molecule has 31 heavy (non-hydrogen) atoms. The summed E-state index contributed by atoms with van der Waals surface area (Å²) in [5.74, 6) is 2.91. The molecule has 1 aromatic heterocycles. The highest BCUT2D eigenvalue weighted by molar-refractivity contribution is 5.37. The summed E-state index contributed by atoms with van der Waals surface area (Å²) >= 11 is 0. The summed E-state index contributed by atoms with van der Waals surface area (Å²) < 4.78 is 11.0. The molecule has 0 amide bonds. The molecule has 0 saturated heterocycles. The van der Waals surface area contributed by atoms with Crippen molar-refractivity contribution < 1.29 is 9.47 Å². The zero-order chi connectivity index (χ0) is 22.2. The maximum Gasteiger partial charge on any atom is 0.230 e. The van der Waals surface area contributed by atoms with Gasteiger partial charge in [-0.25, -0.2) is 0 Å². The Morgan fingerprint density at radius 2 is 1.58 bits per heavy atom. The molecule has 1 heterocycles. The molecular formula is C23H44N6O2. The minimum atomic E-state index is 0.450. The topological polar surface area (TPSA) is 98.4 Å². The van der Waals surface area contributed by atoms with Gasteiger partial charge in [-0.05, 0) is 25.7 Å². The van der Waals surface area contributed by atoms with Crippen molar-refractivity contribution in [3.05, 3.63) is 5.82 Å². The van der Waals surface area contributed by atoms with Crippen LogP contribution in [0.1, 0.15) is 83.4 Å². The Morgan fingerprint density at radius 3 is 2.23 bits per heavy atom. The van der Waals surface area contributed by atoms with Crippen molar-refractivity contribution in [1.82, 2.24) is 15.0 Å². The Bertz CT molecular complexity index is 575. The van der Waals surface area contributed by atoms with Crippen molar-refractivity contribution in [2.45, 2.75) is 77.6 Å². The van der Waals surface area contributed by atoms with Gasteiger partial charge in [0.25, 0.3) is 0 Å². The van der Waals surface area contributed by atoms with Gasteiger partial charge in [-0.3, -0.25) is 0 Å². The summed E-state index contributed by atoms with van der Waals surface area (Å²) in [7, 11) is 0. The van der Waals surface area contributed by atoms with Crippen LogP contribution in [0.4, 0.5) is 11.9 Å². The molecule has 0 aliphatic heterocycles. The zero-order valence-corrected chi connectivity index (χ0v) is 19.8. The molecule has 1 saturated carbocycles. The van der Waals surface area contributed by atoms with Gasteiger partial charge in [0.15, 0.2) is 0 Å². The highest BCUT2D eigenvalue weighted by atomic mass is 16.5. The van der Waals surface area contributed by atoms with Gasteiger partial charge in [0, 0.05) is 32.1 Å². The van der Waals surface area contributed by atoms with E-state index in [1.807, 2.05) is 0 Å². The van der Waals surface area contributed by atoms with Crippen LogP contribution in [0.25, 0.3) is 0 Å². The van der Waals surface area contributed by atoms with E-state index in [0.717, 1.165) is 37.7 Å². The first kappa shape index (κ1) is 25.7. The van der Waals surface area contributed by atoms with Crippen LogP contribution in [-0.2, 0) is 9.47 Å². The van der Waals surface area contributed by atoms with E-state index in [0.29, 0.717) is 51.4 Å². The first-order valence-electron chi connectivity index (χ1n) is 12.4. The van der Waals surface area contributed by atoms with Crippen LogP contribution in [0.15, 0.2) is 0 Å². The molecule has 178 valence electrons. The minimum absolute atomic E-state index is 0.450. The third-order valence-electron chi connectivity index (χ3n) is 5.62. The van der Waals surface area contributed by atoms with E-state index in [9.17, 15) is 0 Å². The average molecular weight is 437 g/mol. The standard InChI is InChI=1S/C23H44N6O2/c1-3-5-14-29(15-6-4-2)23-27-21(20-10-8-7-9-11-20)26-22(28-23)25-13-17-31-19-18-30-16-12-24/h20H,3-19,24H2,1-2H3,(H,25,26,27,28). The van der Waals surface area contributed by atoms with Crippen LogP contribution >= 0.6 is 0 Å². The highest BCUT2D eigenvalue weighted by Crippen LogP contribution is 2.31. The van der Waals surface area contributed by atoms with Gasteiger partial charge in [0.1, 0.15) is 5.82 Å². The van der Waals surface area contributed by atoms with Crippen LogP contribution < -0.4 is 16.0 Å². The van der Waals surface area contributed by atoms with Crippen molar-refractivity contribution in [2.75, 3.05) is 62.8 Å². The number of nitrogens with one attached hydrogen (secondary N) is 1. The van der Waals surface area contributed by atoms with Crippen LogP contribution in [0.3, 0.4) is 0 Å². The fourth-order valence-corrected chi connectivity index (χ4v) is 3.79. The molecule has 0 atom stereocenters. The Morgan fingerprint density at radius 1 is 0.903 bits per heavy atom. The predicted octanol–water partition coefficient (Wildman–Crippen LogP) is 3.73. The van der Waals surface area contributed by atoms with Crippen molar-refractivity contribution in [3.8, 4) is 0 Å².